The lowest BCUT2D eigenvalue weighted by Gasteiger charge is -2.29. The molecule has 0 saturated heterocycles. The van der Waals surface area contributed by atoms with Crippen molar-refractivity contribution in [3.8, 4) is 0 Å². The van der Waals surface area contributed by atoms with Crippen LogP contribution in [0.3, 0.4) is 0 Å². The van der Waals surface area contributed by atoms with Crippen molar-refractivity contribution in [2.24, 2.45) is 0 Å². The largest absolute Gasteiger partial charge is 0.444 e. The second-order valence-electron chi connectivity index (χ2n) is 4.49. The molecule has 14 heavy (non-hydrogen) atoms. The van der Waals surface area contributed by atoms with Gasteiger partial charge in [-0.3, -0.25) is 0 Å². The minimum absolute atomic E-state index is 0.150. The van der Waals surface area contributed by atoms with Gasteiger partial charge in [-0.25, -0.2) is 4.79 Å². The fraction of sp³-hybridized carbons (Fsp3) is 0.900. The second-order valence-corrected chi connectivity index (χ2v) is 4.94. The lowest BCUT2D eigenvalue weighted by molar-refractivity contribution is 0.0206. The second kappa shape index (κ2) is 5.49. The van der Waals surface area contributed by atoms with E-state index in [0.717, 1.165) is 0 Å². The third-order valence-corrected chi connectivity index (χ3v) is 1.79. The van der Waals surface area contributed by atoms with Gasteiger partial charge in [0.2, 0.25) is 0 Å². The van der Waals surface area contributed by atoms with Crippen LogP contribution >= 0.6 is 12.6 Å². The van der Waals surface area contributed by atoms with Crippen molar-refractivity contribution in [3.63, 3.8) is 0 Å². The predicted molar refractivity (Wildman–Crippen MR) is 61.9 cm³/mol. The highest BCUT2D eigenvalue weighted by Gasteiger charge is 2.23. The fourth-order valence-electron chi connectivity index (χ4n) is 0.989. The van der Waals surface area contributed by atoms with Crippen LogP contribution in [0.2, 0.25) is 0 Å². The van der Waals surface area contributed by atoms with E-state index in [1.54, 1.807) is 4.90 Å². The Hall–Kier alpha value is -0.380. The average Bonchev–Trinajstić information content (AvgIpc) is 1.95. The van der Waals surface area contributed by atoms with E-state index in [2.05, 4.69) is 12.6 Å². The summed E-state index contributed by atoms with van der Waals surface area (Å²) in [7, 11) is 0. The molecule has 1 amide bonds. The highest BCUT2D eigenvalue weighted by Crippen LogP contribution is 2.11. The smallest absolute Gasteiger partial charge is 0.410 e. The van der Waals surface area contributed by atoms with Crippen molar-refractivity contribution in [2.75, 3.05) is 12.3 Å². The highest BCUT2D eigenvalue weighted by molar-refractivity contribution is 7.80. The summed E-state index contributed by atoms with van der Waals surface area (Å²) >= 11 is 4.11. The van der Waals surface area contributed by atoms with Crippen LogP contribution in [0.25, 0.3) is 0 Å². The summed E-state index contributed by atoms with van der Waals surface area (Å²) in [6.45, 7) is 10.1. The van der Waals surface area contributed by atoms with Crippen molar-refractivity contribution in [3.05, 3.63) is 0 Å². The zero-order chi connectivity index (χ0) is 11.4. The van der Waals surface area contributed by atoms with Crippen LogP contribution in [0.15, 0.2) is 0 Å². The van der Waals surface area contributed by atoms with Crippen molar-refractivity contribution in [1.82, 2.24) is 4.90 Å². The monoisotopic (exact) mass is 219 g/mol. The molecule has 0 aliphatic rings. The summed E-state index contributed by atoms with van der Waals surface area (Å²) in [5, 5.41) is 0. The molecule has 0 aliphatic heterocycles. The maximum Gasteiger partial charge on any atom is 0.410 e. The van der Waals surface area contributed by atoms with E-state index in [4.69, 9.17) is 4.74 Å². The van der Waals surface area contributed by atoms with Gasteiger partial charge in [-0.2, -0.15) is 12.6 Å². The van der Waals surface area contributed by atoms with E-state index in [0.29, 0.717) is 12.3 Å². The highest BCUT2D eigenvalue weighted by atomic mass is 32.1. The zero-order valence-corrected chi connectivity index (χ0v) is 10.6. The Labute approximate surface area is 92.2 Å². The van der Waals surface area contributed by atoms with E-state index in [9.17, 15) is 4.79 Å². The Bertz CT molecular complexity index is 187. The van der Waals surface area contributed by atoms with E-state index in [1.165, 1.54) is 0 Å². The Balaban J connectivity index is 4.30. The molecule has 0 aliphatic carbocycles. The summed E-state index contributed by atoms with van der Waals surface area (Å²) in [6, 6.07) is 0.150. The maximum atomic E-state index is 11.7. The fourth-order valence-corrected chi connectivity index (χ4v) is 1.20. The number of hydrogen-bond acceptors (Lipinski definition) is 3. The molecule has 0 aromatic rings. The first-order valence-corrected chi connectivity index (χ1v) is 5.51. The van der Waals surface area contributed by atoms with E-state index >= 15 is 0 Å². The molecular weight excluding hydrogens is 198 g/mol. The Kier molecular flexibility index (Phi) is 5.34. The van der Waals surface area contributed by atoms with E-state index in [-0.39, 0.29) is 12.1 Å². The Morgan fingerprint density at radius 2 is 1.93 bits per heavy atom. The average molecular weight is 219 g/mol. The first kappa shape index (κ1) is 13.6. The number of nitrogens with zero attached hydrogens (tertiary/aromatic N) is 1. The quantitative estimate of drug-likeness (QED) is 0.739. The van der Waals surface area contributed by atoms with Crippen LogP contribution in [0.1, 0.15) is 34.6 Å². The molecule has 0 N–H and O–H groups in total. The van der Waals surface area contributed by atoms with Gasteiger partial charge < -0.3 is 9.64 Å². The topological polar surface area (TPSA) is 29.5 Å². The maximum absolute atomic E-state index is 11.7. The minimum Gasteiger partial charge on any atom is -0.444 e. The molecule has 0 radical (unpaired) electrons. The Morgan fingerprint density at radius 3 is 2.21 bits per heavy atom. The summed E-state index contributed by atoms with van der Waals surface area (Å²) < 4.78 is 5.27. The summed E-state index contributed by atoms with van der Waals surface area (Å²) in [5.41, 5.74) is -0.430. The molecule has 0 aromatic heterocycles. The molecule has 0 saturated carbocycles. The normalized spacial score (nSPS) is 11.6. The standard InChI is InChI=1S/C10H21NO2S/c1-8(2)11(6-7-14)9(12)13-10(3,4)5/h8,14H,6-7H2,1-5H3. The number of ether oxygens (including phenoxy) is 1. The zero-order valence-electron chi connectivity index (χ0n) is 9.70. The number of rotatable bonds is 3. The number of hydrogen-bond donors (Lipinski definition) is 1. The predicted octanol–water partition coefficient (Wildman–Crippen LogP) is 2.56. The van der Waals surface area contributed by atoms with Crippen molar-refractivity contribution < 1.29 is 9.53 Å². The van der Waals surface area contributed by atoms with E-state index < -0.39 is 5.60 Å². The number of amides is 1. The first-order valence-electron chi connectivity index (χ1n) is 4.88. The van der Waals surface area contributed by atoms with Gasteiger partial charge in [0.05, 0.1) is 0 Å². The Morgan fingerprint density at radius 1 is 1.43 bits per heavy atom. The minimum atomic E-state index is -0.430. The number of carbonyl (C=O) groups excluding carboxylic acids is 1. The van der Waals surface area contributed by atoms with Gasteiger partial charge in [-0.1, -0.05) is 0 Å². The lowest BCUT2D eigenvalue weighted by atomic mass is 10.2. The molecule has 0 fully saturated rings. The van der Waals surface area contributed by atoms with Crippen molar-refractivity contribution >= 4 is 18.7 Å². The molecule has 0 heterocycles. The molecule has 0 bridgehead atoms. The van der Waals surface area contributed by atoms with E-state index in [1.807, 2.05) is 34.6 Å². The molecule has 0 atom stereocenters. The molecule has 0 aromatic carbocycles. The van der Waals surface area contributed by atoms with Crippen molar-refractivity contribution in [2.45, 2.75) is 46.3 Å². The van der Waals surface area contributed by atoms with Crippen LogP contribution < -0.4 is 0 Å². The van der Waals surface area contributed by atoms with Crippen LogP contribution in [0, 0.1) is 0 Å². The van der Waals surface area contributed by atoms with Gasteiger partial charge >= 0.3 is 6.09 Å². The number of carbonyl (C=O) groups is 1. The SMILES string of the molecule is CC(C)N(CCS)C(=O)OC(C)(C)C. The van der Waals surface area contributed by atoms with Gasteiger partial charge in [0, 0.05) is 18.3 Å². The lowest BCUT2D eigenvalue weighted by Crippen LogP contribution is -2.41. The van der Waals surface area contributed by atoms with Crippen LogP contribution in [0.5, 0.6) is 0 Å². The van der Waals surface area contributed by atoms with Crippen LogP contribution in [0.4, 0.5) is 4.79 Å². The van der Waals surface area contributed by atoms with Gasteiger partial charge in [-0.05, 0) is 34.6 Å². The van der Waals surface area contributed by atoms with Gasteiger partial charge in [0.1, 0.15) is 5.60 Å². The number of thiol groups is 1. The third kappa shape index (κ3) is 5.37. The molecule has 3 nitrogen and oxygen atoms in total. The molecule has 0 unspecified atom stereocenters. The summed E-state index contributed by atoms with van der Waals surface area (Å²) in [6.07, 6.45) is -0.262. The van der Waals surface area contributed by atoms with Crippen molar-refractivity contribution in [1.29, 1.82) is 0 Å². The summed E-state index contributed by atoms with van der Waals surface area (Å²) in [4.78, 5) is 13.3. The molecule has 4 heteroatoms. The molecule has 0 spiro atoms. The third-order valence-electron chi connectivity index (χ3n) is 1.59. The van der Waals surface area contributed by atoms with Gasteiger partial charge in [-0.15, -0.1) is 0 Å². The first-order chi connectivity index (χ1) is 6.28. The molecule has 84 valence electrons. The molecular formula is C10H21NO2S. The molecule has 0 rings (SSSR count). The van der Waals surface area contributed by atoms with Crippen LogP contribution in [-0.2, 0) is 4.74 Å². The van der Waals surface area contributed by atoms with Gasteiger partial charge in [0.25, 0.3) is 0 Å². The van der Waals surface area contributed by atoms with Crippen LogP contribution in [-0.4, -0.2) is 34.9 Å². The summed E-state index contributed by atoms with van der Waals surface area (Å²) in [5.74, 6) is 0.650. The van der Waals surface area contributed by atoms with Gasteiger partial charge in [0.15, 0.2) is 0 Å².